The summed E-state index contributed by atoms with van der Waals surface area (Å²) < 4.78 is 10.5. The highest BCUT2D eigenvalue weighted by Gasteiger charge is 2.14. The van der Waals surface area contributed by atoms with Crippen molar-refractivity contribution in [2.24, 2.45) is 0 Å². The van der Waals surface area contributed by atoms with Crippen molar-refractivity contribution in [2.75, 3.05) is 17.8 Å². The first-order valence-electron chi connectivity index (χ1n) is 5.16. The van der Waals surface area contributed by atoms with Gasteiger partial charge in [-0.15, -0.1) is 0 Å². The van der Waals surface area contributed by atoms with Crippen molar-refractivity contribution >= 4 is 28.8 Å². The summed E-state index contributed by atoms with van der Waals surface area (Å²) in [6.45, 7) is 0.236. The lowest BCUT2D eigenvalue weighted by atomic mass is 10.2. The van der Waals surface area contributed by atoms with Crippen LogP contribution < -0.4 is 20.5 Å². The van der Waals surface area contributed by atoms with Crippen LogP contribution in [-0.4, -0.2) is 16.8 Å². The third kappa shape index (κ3) is 1.86. The molecule has 0 bridgehead atoms. The van der Waals surface area contributed by atoms with Gasteiger partial charge < -0.3 is 20.5 Å². The van der Waals surface area contributed by atoms with Crippen LogP contribution in [-0.2, 0) is 0 Å². The number of halogens is 1. The maximum Gasteiger partial charge on any atom is 0.231 e. The first-order chi connectivity index (χ1) is 8.74. The van der Waals surface area contributed by atoms with Crippen molar-refractivity contribution in [2.45, 2.75) is 0 Å². The zero-order valence-electron chi connectivity index (χ0n) is 9.18. The lowest BCUT2D eigenvalue weighted by Gasteiger charge is -2.08. The fourth-order valence-electron chi connectivity index (χ4n) is 1.58. The Morgan fingerprint density at radius 3 is 2.94 bits per heavy atom. The average Bonchev–Trinajstić information content (AvgIpc) is 2.82. The number of nitrogens with zero attached hydrogens (tertiary/aromatic N) is 2. The Morgan fingerprint density at radius 1 is 1.22 bits per heavy atom. The third-order valence-electron chi connectivity index (χ3n) is 2.47. The van der Waals surface area contributed by atoms with Gasteiger partial charge in [0.15, 0.2) is 22.5 Å². The quantitative estimate of drug-likeness (QED) is 0.809. The smallest absolute Gasteiger partial charge is 0.231 e. The molecule has 3 N–H and O–H groups in total. The number of rotatable bonds is 2. The summed E-state index contributed by atoms with van der Waals surface area (Å²) in [7, 11) is 0. The number of nitrogens with two attached hydrogens (primary N) is 1. The van der Waals surface area contributed by atoms with E-state index in [4.69, 9.17) is 26.8 Å². The molecule has 7 heteroatoms. The Morgan fingerprint density at radius 2 is 2.06 bits per heavy atom. The highest BCUT2D eigenvalue weighted by Crippen LogP contribution is 2.35. The number of anilines is 3. The number of hydrogen-bond acceptors (Lipinski definition) is 6. The van der Waals surface area contributed by atoms with Crippen LogP contribution in [0, 0.1) is 0 Å². The van der Waals surface area contributed by atoms with Crippen molar-refractivity contribution in [3.63, 3.8) is 0 Å². The molecule has 0 fully saturated rings. The van der Waals surface area contributed by atoms with E-state index >= 15 is 0 Å². The van der Waals surface area contributed by atoms with Crippen LogP contribution in [0.3, 0.4) is 0 Å². The summed E-state index contributed by atoms with van der Waals surface area (Å²) in [6.07, 6.45) is 1.34. The fourth-order valence-corrected chi connectivity index (χ4v) is 1.72. The Balaban J connectivity index is 1.90. The summed E-state index contributed by atoms with van der Waals surface area (Å²) in [5, 5.41) is 3.26. The predicted octanol–water partition coefficient (Wildman–Crippen LogP) is 2.18. The van der Waals surface area contributed by atoms with Gasteiger partial charge in [0, 0.05) is 11.8 Å². The van der Waals surface area contributed by atoms with Gasteiger partial charge in [0.05, 0.1) is 0 Å². The van der Waals surface area contributed by atoms with E-state index < -0.39 is 0 Å². The van der Waals surface area contributed by atoms with Crippen LogP contribution >= 0.6 is 11.6 Å². The first kappa shape index (κ1) is 10.9. The minimum absolute atomic E-state index is 0.216. The van der Waals surface area contributed by atoms with Gasteiger partial charge in [-0.1, -0.05) is 11.6 Å². The summed E-state index contributed by atoms with van der Waals surface area (Å²) in [4.78, 5) is 7.81. The average molecular weight is 265 g/mol. The van der Waals surface area contributed by atoms with Gasteiger partial charge in [-0.05, 0) is 12.1 Å². The van der Waals surface area contributed by atoms with Crippen molar-refractivity contribution < 1.29 is 9.47 Å². The Hall–Kier alpha value is -2.21. The molecule has 0 saturated carbocycles. The molecule has 6 nitrogen and oxygen atoms in total. The highest BCUT2D eigenvalue weighted by atomic mass is 35.5. The molecule has 3 rings (SSSR count). The number of fused-ring (bicyclic) bond motifs is 1. The van der Waals surface area contributed by atoms with Crippen LogP contribution in [0.15, 0.2) is 24.5 Å². The molecule has 0 unspecified atom stereocenters. The van der Waals surface area contributed by atoms with Crippen LogP contribution in [0.4, 0.5) is 17.2 Å². The minimum Gasteiger partial charge on any atom is -0.454 e. The van der Waals surface area contributed by atoms with Crippen molar-refractivity contribution in [3.05, 3.63) is 29.7 Å². The van der Waals surface area contributed by atoms with Crippen LogP contribution in [0.5, 0.6) is 11.5 Å². The second kappa shape index (κ2) is 4.23. The molecule has 2 aromatic rings. The molecule has 18 heavy (non-hydrogen) atoms. The summed E-state index contributed by atoms with van der Waals surface area (Å²) >= 11 is 5.81. The lowest BCUT2D eigenvalue weighted by Crippen LogP contribution is -2.00. The second-order valence-electron chi connectivity index (χ2n) is 3.62. The molecule has 1 aromatic carbocycles. The molecule has 2 heterocycles. The van der Waals surface area contributed by atoms with Gasteiger partial charge in [0.1, 0.15) is 12.0 Å². The second-order valence-corrected chi connectivity index (χ2v) is 3.98. The molecule has 1 aromatic heterocycles. The Kier molecular flexibility index (Phi) is 2.56. The van der Waals surface area contributed by atoms with E-state index in [0.717, 1.165) is 5.69 Å². The Bertz CT molecular complexity index is 606. The maximum atomic E-state index is 5.81. The number of nitrogen functional groups attached to an aromatic ring is 1. The minimum atomic E-state index is 0.216. The molecular formula is C11H9ClN4O2. The van der Waals surface area contributed by atoms with E-state index in [2.05, 4.69) is 15.3 Å². The predicted molar refractivity (Wildman–Crippen MR) is 67.3 cm³/mol. The van der Waals surface area contributed by atoms with Crippen molar-refractivity contribution in [1.82, 2.24) is 9.97 Å². The number of benzene rings is 1. The summed E-state index contributed by atoms with van der Waals surface area (Å²) in [6, 6.07) is 5.45. The monoisotopic (exact) mass is 264 g/mol. The van der Waals surface area contributed by atoms with E-state index in [0.29, 0.717) is 23.0 Å². The van der Waals surface area contributed by atoms with E-state index in [9.17, 15) is 0 Å². The van der Waals surface area contributed by atoms with E-state index in [-0.39, 0.29) is 11.9 Å². The normalized spacial score (nSPS) is 12.5. The molecule has 0 spiro atoms. The molecule has 1 aliphatic heterocycles. The van der Waals surface area contributed by atoms with Crippen LogP contribution in [0.1, 0.15) is 0 Å². The van der Waals surface area contributed by atoms with Gasteiger partial charge in [-0.3, -0.25) is 0 Å². The standard InChI is InChI=1S/C11H9ClN4O2/c12-10-9(13)11(15-4-14-10)16-6-1-2-7-8(3-6)18-5-17-7/h1-4H,5,13H2,(H,14,15,16). The van der Waals surface area contributed by atoms with E-state index in [1.165, 1.54) is 6.33 Å². The van der Waals surface area contributed by atoms with Gasteiger partial charge in [0.25, 0.3) is 0 Å². The largest absolute Gasteiger partial charge is 0.454 e. The maximum absolute atomic E-state index is 5.81. The molecule has 0 saturated heterocycles. The van der Waals surface area contributed by atoms with E-state index in [1.807, 2.05) is 12.1 Å². The Labute approximate surface area is 108 Å². The molecule has 92 valence electrons. The van der Waals surface area contributed by atoms with Crippen LogP contribution in [0.25, 0.3) is 0 Å². The van der Waals surface area contributed by atoms with E-state index in [1.54, 1.807) is 6.07 Å². The van der Waals surface area contributed by atoms with Crippen LogP contribution in [0.2, 0.25) is 5.15 Å². The molecule has 0 radical (unpaired) electrons. The molecule has 0 aliphatic carbocycles. The lowest BCUT2D eigenvalue weighted by molar-refractivity contribution is 0.174. The zero-order chi connectivity index (χ0) is 12.5. The third-order valence-corrected chi connectivity index (χ3v) is 2.77. The molecule has 0 amide bonds. The van der Waals surface area contributed by atoms with Crippen molar-refractivity contribution in [1.29, 1.82) is 0 Å². The van der Waals surface area contributed by atoms with Gasteiger partial charge in [-0.2, -0.15) is 0 Å². The number of aromatic nitrogens is 2. The van der Waals surface area contributed by atoms with Gasteiger partial charge in [-0.25, -0.2) is 9.97 Å². The fraction of sp³-hybridized carbons (Fsp3) is 0.0909. The molecule has 1 aliphatic rings. The van der Waals surface area contributed by atoms with Gasteiger partial charge >= 0.3 is 0 Å². The number of ether oxygens (including phenoxy) is 2. The molecular weight excluding hydrogens is 256 g/mol. The molecule has 0 atom stereocenters. The van der Waals surface area contributed by atoms with Crippen molar-refractivity contribution in [3.8, 4) is 11.5 Å². The first-order valence-corrected chi connectivity index (χ1v) is 5.54. The zero-order valence-corrected chi connectivity index (χ0v) is 9.94. The number of nitrogens with one attached hydrogen (secondary N) is 1. The SMILES string of the molecule is Nc1c(Cl)ncnc1Nc1ccc2c(c1)OCO2. The summed E-state index contributed by atoms with van der Waals surface area (Å²) in [5.74, 6) is 1.85. The topological polar surface area (TPSA) is 82.3 Å². The number of hydrogen-bond donors (Lipinski definition) is 2. The van der Waals surface area contributed by atoms with Gasteiger partial charge in [0.2, 0.25) is 6.79 Å². The summed E-state index contributed by atoms with van der Waals surface area (Å²) in [5.41, 5.74) is 6.85. The highest BCUT2D eigenvalue weighted by molar-refractivity contribution is 6.32.